The Bertz CT molecular complexity index is 359. The van der Waals surface area contributed by atoms with Crippen LogP contribution in [0.2, 0.25) is 0 Å². The van der Waals surface area contributed by atoms with E-state index in [1.807, 2.05) is 0 Å². The number of hydrogen-bond acceptors (Lipinski definition) is 2. The molecule has 1 saturated carbocycles. The summed E-state index contributed by atoms with van der Waals surface area (Å²) in [5, 5.41) is 2.63. The Balaban J connectivity index is 2.08. The molecule has 1 heterocycles. The second kappa shape index (κ2) is 5.51. The Morgan fingerprint density at radius 3 is 2.53 bits per heavy atom. The fourth-order valence-electron chi connectivity index (χ4n) is 3.51. The molecule has 1 saturated heterocycles. The van der Waals surface area contributed by atoms with Crippen LogP contribution in [0.15, 0.2) is 0 Å². The lowest BCUT2D eigenvalue weighted by Gasteiger charge is -2.32. The summed E-state index contributed by atoms with van der Waals surface area (Å²) in [6.45, 7) is 5.03. The van der Waals surface area contributed by atoms with Crippen molar-refractivity contribution in [2.24, 2.45) is 11.3 Å². The third kappa shape index (κ3) is 2.93. The van der Waals surface area contributed by atoms with E-state index in [4.69, 9.17) is 0 Å². The minimum atomic E-state index is -0.158. The zero-order valence-electron chi connectivity index (χ0n) is 12.4. The Hall–Kier alpha value is -1.06. The normalized spacial score (nSPS) is 27.6. The van der Waals surface area contributed by atoms with Gasteiger partial charge in [0.2, 0.25) is 11.8 Å². The number of likely N-dealkylation sites (tertiary alicyclic amines) is 1. The van der Waals surface area contributed by atoms with Crippen LogP contribution in [-0.4, -0.2) is 36.3 Å². The quantitative estimate of drug-likeness (QED) is 0.848. The van der Waals surface area contributed by atoms with Crippen LogP contribution < -0.4 is 5.32 Å². The van der Waals surface area contributed by atoms with Crippen molar-refractivity contribution in [1.29, 1.82) is 0 Å². The molecular weight excluding hydrogens is 240 g/mol. The van der Waals surface area contributed by atoms with E-state index in [1.165, 1.54) is 19.3 Å². The van der Waals surface area contributed by atoms with E-state index in [0.29, 0.717) is 12.5 Å². The zero-order chi connectivity index (χ0) is 14.0. The number of carbonyl (C=O) groups is 2. The van der Waals surface area contributed by atoms with E-state index in [9.17, 15) is 9.59 Å². The molecule has 0 aromatic rings. The maximum Gasteiger partial charge on any atom is 0.227 e. The van der Waals surface area contributed by atoms with Crippen molar-refractivity contribution >= 4 is 11.8 Å². The van der Waals surface area contributed by atoms with E-state index in [2.05, 4.69) is 24.1 Å². The summed E-state index contributed by atoms with van der Waals surface area (Å²) in [4.78, 5) is 26.3. The van der Waals surface area contributed by atoms with Gasteiger partial charge < -0.3 is 10.2 Å². The van der Waals surface area contributed by atoms with E-state index in [0.717, 1.165) is 19.4 Å². The Morgan fingerprint density at radius 2 is 1.95 bits per heavy atom. The summed E-state index contributed by atoms with van der Waals surface area (Å²) < 4.78 is 0. The predicted molar refractivity (Wildman–Crippen MR) is 74.5 cm³/mol. The second-order valence-electron chi connectivity index (χ2n) is 6.68. The summed E-state index contributed by atoms with van der Waals surface area (Å²) >= 11 is 0. The van der Waals surface area contributed by atoms with Gasteiger partial charge in [-0.3, -0.25) is 9.59 Å². The summed E-state index contributed by atoms with van der Waals surface area (Å²) in [5.41, 5.74) is -0.0962. The van der Waals surface area contributed by atoms with Crippen LogP contribution in [0.3, 0.4) is 0 Å². The Labute approximate surface area is 115 Å². The molecule has 4 nitrogen and oxygen atoms in total. The zero-order valence-corrected chi connectivity index (χ0v) is 12.4. The highest BCUT2D eigenvalue weighted by Gasteiger charge is 2.48. The van der Waals surface area contributed by atoms with Gasteiger partial charge in [0.05, 0.1) is 5.92 Å². The van der Waals surface area contributed by atoms with Crippen molar-refractivity contribution in [2.75, 3.05) is 13.6 Å². The van der Waals surface area contributed by atoms with Crippen molar-refractivity contribution in [3.8, 4) is 0 Å². The summed E-state index contributed by atoms with van der Waals surface area (Å²) in [7, 11) is 1.63. The highest BCUT2D eigenvalue weighted by molar-refractivity contribution is 5.88. The van der Waals surface area contributed by atoms with Crippen LogP contribution in [0.1, 0.15) is 52.4 Å². The first kappa shape index (κ1) is 14.4. The molecule has 1 aliphatic carbocycles. The molecule has 2 aliphatic rings. The van der Waals surface area contributed by atoms with Crippen molar-refractivity contribution in [3.05, 3.63) is 0 Å². The third-order valence-electron chi connectivity index (χ3n) is 4.79. The van der Waals surface area contributed by atoms with Crippen LogP contribution >= 0.6 is 0 Å². The van der Waals surface area contributed by atoms with Gasteiger partial charge >= 0.3 is 0 Å². The van der Waals surface area contributed by atoms with Gasteiger partial charge in [0, 0.05) is 26.1 Å². The minimum absolute atomic E-state index is 0.0306. The first-order chi connectivity index (χ1) is 8.95. The molecule has 0 spiro atoms. The molecule has 4 heteroatoms. The molecular formula is C15H26N2O2. The van der Waals surface area contributed by atoms with Crippen LogP contribution in [-0.2, 0) is 9.59 Å². The molecule has 1 atom stereocenters. The molecule has 1 N–H and O–H groups in total. The largest absolute Gasteiger partial charge is 0.359 e. The van der Waals surface area contributed by atoms with Gasteiger partial charge in [-0.05, 0) is 18.3 Å². The van der Waals surface area contributed by atoms with Gasteiger partial charge in [0.15, 0.2) is 0 Å². The molecule has 0 aromatic heterocycles. The molecule has 0 unspecified atom stereocenters. The molecule has 2 amide bonds. The van der Waals surface area contributed by atoms with Crippen LogP contribution in [0, 0.1) is 11.3 Å². The van der Waals surface area contributed by atoms with Crippen molar-refractivity contribution < 1.29 is 9.59 Å². The topological polar surface area (TPSA) is 49.4 Å². The van der Waals surface area contributed by atoms with Crippen LogP contribution in [0.5, 0.6) is 0 Å². The van der Waals surface area contributed by atoms with Crippen molar-refractivity contribution in [1.82, 2.24) is 10.2 Å². The summed E-state index contributed by atoms with van der Waals surface area (Å²) in [5.74, 6) is 0.00629. The molecule has 108 valence electrons. The molecule has 19 heavy (non-hydrogen) atoms. The molecule has 0 bridgehead atoms. The van der Waals surface area contributed by atoms with Crippen molar-refractivity contribution in [3.63, 3.8) is 0 Å². The van der Waals surface area contributed by atoms with Gasteiger partial charge in [-0.25, -0.2) is 0 Å². The van der Waals surface area contributed by atoms with Gasteiger partial charge in [0.1, 0.15) is 0 Å². The first-order valence-electron chi connectivity index (χ1n) is 7.47. The lowest BCUT2D eigenvalue weighted by Crippen LogP contribution is -2.39. The average molecular weight is 266 g/mol. The SMILES string of the molecule is CNC(=O)C[C@@H]1C(=O)N(C2CCCCC2)CC1(C)C. The molecule has 2 fully saturated rings. The number of hydrogen-bond donors (Lipinski definition) is 1. The summed E-state index contributed by atoms with van der Waals surface area (Å²) in [6, 6.07) is 0.412. The van der Waals surface area contributed by atoms with Crippen LogP contribution in [0.4, 0.5) is 0 Å². The molecule has 1 aliphatic heterocycles. The smallest absolute Gasteiger partial charge is 0.227 e. The van der Waals surface area contributed by atoms with E-state index < -0.39 is 0 Å². The molecule has 2 rings (SSSR count). The summed E-state index contributed by atoms with van der Waals surface area (Å²) in [6.07, 6.45) is 6.35. The molecule has 0 aromatic carbocycles. The third-order valence-corrected chi connectivity index (χ3v) is 4.79. The standard InChI is InChI=1S/C15H26N2O2/c1-15(2)10-17(11-7-5-4-6-8-11)14(19)12(15)9-13(18)16-3/h11-12H,4-10H2,1-3H3,(H,16,18)/t12-/m1/s1. The Kier molecular flexibility index (Phi) is 4.16. The number of amides is 2. The van der Waals surface area contributed by atoms with E-state index in [1.54, 1.807) is 7.05 Å². The average Bonchev–Trinajstić information content (AvgIpc) is 2.63. The van der Waals surface area contributed by atoms with Crippen LogP contribution in [0.25, 0.3) is 0 Å². The number of nitrogens with zero attached hydrogens (tertiary/aromatic N) is 1. The number of nitrogens with one attached hydrogen (secondary N) is 1. The van der Waals surface area contributed by atoms with Gasteiger partial charge in [-0.1, -0.05) is 33.1 Å². The van der Waals surface area contributed by atoms with Gasteiger partial charge in [-0.15, -0.1) is 0 Å². The number of carbonyl (C=O) groups excluding carboxylic acids is 2. The highest BCUT2D eigenvalue weighted by atomic mass is 16.2. The highest BCUT2D eigenvalue weighted by Crippen LogP contribution is 2.41. The second-order valence-corrected chi connectivity index (χ2v) is 6.68. The van der Waals surface area contributed by atoms with Gasteiger partial charge in [0.25, 0.3) is 0 Å². The van der Waals surface area contributed by atoms with Gasteiger partial charge in [-0.2, -0.15) is 0 Å². The van der Waals surface area contributed by atoms with Crippen molar-refractivity contribution in [2.45, 2.75) is 58.4 Å². The molecule has 0 radical (unpaired) electrons. The van der Waals surface area contributed by atoms with E-state index in [-0.39, 0.29) is 23.1 Å². The van der Waals surface area contributed by atoms with E-state index >= 15 is 0 Å². The number of rotatable bonds is 3. The maximum absolute atomic E-state index is 12.6. The fourth-order valence-corrected chi connectivity index (χ4v) is 3.51. The minimum Gasteiger partial charge on any atom is -0.359 e. The lowest BCUT2D eigenvalue weighted by atomic mass is 9.79. The Morgan fingerprint density at radius 1 is 1.32 bits per heavy atom. The first-order valence-corrected chi connectivity index (χ1v) is 7.47. The lowest BCUT2D eigenvalue weighted by molar-refractivity contribution is -0.136. The monoisotopic (exact) mass is 266 g/mol. The predicted octanol–water partition coefficient (Wildman–Crippen LogP) is 1.94. The maximum atomic E-state index is 12.6. The fraction of sp³-hybridized carbons (Fsp3) is 0.867.